The molecule has 0 fully saturated rings. The normalized spacial score (nSPS) is 12.9. The second-order valence-corrected chi connectivity index (χ2v) is 17.8. The maximum atomic E-state index is 13.2. The van der Waals surface area contributed by atoms with Crippen molar-refractivity contribution in [3.05, 3.63) is 66.3 Å². The number of nitrogens with zero attached hydrogens (tertiary/aromatic N) is 4. The summed E-state index contributed by atoms with van der Waals surface area (Å²) in [5, 5.41) is 23.3. The number of urea groups is 3. The van der Waals surface area contributed by atoms with Crippen LogP contribution in [0.2, 0.25) is 0 Å². The number of hydrogen-bond acceptors (Lipinski definition) is 15. The van der Waals surface area contributed by atoms with Gasteiger partial charge in [0.05, 0.1) is 7.05 Å². The first-order valence-corrected chi connectivity index (χ1v) is 24.9. The van der Waals surface area contributed by atoms with Crippen LogP contribution in [-0.4, -0.2) is 136 Å². The number of alkyl carbamates (subject to hydrolysis) is 3. The minimum absolute atomic E-state index is 0.0285. The Morgan fingerprint density at radius 1 is 0.473 bits per heavy atom. The molecule has 74 heavy (non-hydrogen) atoms. The van der Waals surface area contributed by atoms with Gasteiger partial charge in [0.2, 0.25) is 17.8 Å². The van der Waals surface area contributed by atoms with E-state index in [0.29, 0.717) is 55.6 Å². The van der Waals surface area contributed by atoms with E-state index in [0.717, 1.165) is 38.5 Å². The van der Waals surface area contributed by atoms with Crippen LogP contribution < -0.4 is 64.5 Å². The third-order valence-corrected chi connectivity index (χ3v) is 11.0. The fraction of sp³-hybridized carbons (Fsp3) is 0.609. The Morgan fingerprint density at radius 3 is 0.986 bits per heavy atom. The Kier molecular flexibility index (Phi) is 26.4. The Balaban J connectivity index is 1.69. The molecular weight excluding hydrogens is 969 g/mol. The highest BCUT2D eigenvalue weighted by Gasteiger charge is 2.26. The molecule has 3 aromatic rings. The zero-order chi connectivity index (χ0) is 54.5. The van der Waals surface area contributed by atoms with Crippen molar-refractivity contribution in [2.24, 2.45) is 0 Å². The highest BCUT2D eigenvalue weighted by Crippen LogP contribution is 2.09. The van der Waals surface area contributed by atoms with Gasteiger partial charge in [0.1, 0.15) is 58.0 Å². The van der Waals surface area contributed by atoms with Gasteiger partial charge in [-0.3, -0.25) is 30.3 Å². The average molecular weight is 1040 g/mol. The van der Waals surface area contributed by atoms with E-state index in [1.54, 1.807) is 27.8 Å². The van der Waals surface area contributed by atoms with Crippen LogP contribution >= 0.6 is 0 Å². The number of carbonyl (C=O) groups excluding carboxylic acids is 6. The second-order valence-electron chi connectivity index (χ2n) is 17.8. The molecule has 3 unspecified atom stereocenters. The zero-order valence-electron chi connectivity index (χ0n) is 43.4. The second kappa shape index (κ2) is 32.3. The van der Waals surface area contributed by atoms with Crippen LogP contribution in [0.15, 0.2) is 32.6 Å². The van der Waals surface area contributed by atoms with E-state index >= 15 is 0 Å². The van der Waals surface area contributed by atoms with Crippen molar-refractivity contribution in [1.82, 2.24) is 61.8 Å². The molecule has 0 saturated heterocycles. The van der Waals surface area contributed by atoms with Crippen molar-refractivity contribution >= 4 is 54.2 Å². The molecule has 12 N–H and O–H groups in total. The molecule has 3 atom stereocenters. The van der Waals surface area contributed by atoms with Gasteiger partial charge in [-0.25, -0.2) is 28.8 Å². The first-order chi connectivity index (χ1) is 35.3. The maximum Gasteiger partial charge on any atom is 0.408 e. The number of aryl methyl sites for hydroxylation is 3. The largest absolute Gasteiger partial charge is 0.444 e. The van der Waals surface area contributed by atoms with Gasteiger partial charge in [0.25, 0.3) is 16.7 Å². The molecule has 410 valence electrons. The third-order valence-electron chi connectivity index (χ3n) is 11.0. The third kappa shape index (κ3) is 25.6. The van der Waals surface area contributed by atoms with Crippen LogP contribution in [0.4, 0.5) is 46.6 Å². The van der Waals surface area contributed by atoms with Crippen LogP contribution in [0, 0.1) is 20.8 Å². The quantitative estimate of drug-likeness (QED) is 0.0195. The maximum absolute atomic E-state index is 13.2. The number of likely N-dealkylation sites (N-methyl/N-ethyl adjacent to an activating group) is 1. The number of aromatic amines is 3. The number of carbonyl (C=O) groups is 6. The van der Waals surface area contributed by atoms with Gasteiger partial charge in [0, 0.05) is 35.3 Å². The summed E-state index contributed by atoms with van der Waals surface area (Å²) in [7, 11) is 1.76. The van der Waals surface area contributed by atoms with E-state index in [-0.39, 0.29) is 61.8 Å². The molecule has 0 aromatic carbocycles. The van der Waals surface area contributed by atoms with Gasteiger partial charge in [-0.1, -0.05) is 59.3 Å². The van der Waals surface area contributed by atoms with E-state index in [4.69, 9.17) is 14.2 Å². The Hall–Kier alpha value is -7.78. The van der Waals surface area contributed by atoms with Crippen LogP contribution in [0.5, 0.6) is 0 Å². The van der Waals surface area contributed by atoms with Gasteiger partial charge in [-0.15, -0.1) is 0 Å². The lowest BCUT2D eigenvalue weighted by Gasteiger charge is -2.34. The molecule has 0 aliphatic carbocycles. The van der Waals surface area contributed by atoms with Crippen molar-refractivity contribution in [2.45, 2.75) is 137 Å². The summed E-state index contributed by atoms with van der Waals surface area (Å²) >= 11 is 0. The van der Waals surface area contributed by atoms with Gasteiger partial charge in [-0.05, 0) is 59.3 Å². The van der Waals surface area contributed by atoms with Gasteiger partial charge in [0.15, 0.2) is 0 Å². The monoisotopic (exact) mass is 1040 g/mol. The molecular formula is C46H75N16O12+. The lowest BCUT2D eigenvalue weighted by molar-refractivity contribution is -0.909. The van der Waals surface area contributed by atoms with Crippen LogP contribution in [-0.2, 0) is 14.2 Å². The molecule has 0 aliphatic rings. The number of aromatic nitrogens is 6. The molecule has 0 bridgehead atoms. The lowest BCUT2D eigenvalue weighted by atomic mass is 10.2. The first-order valence-electron chi connectivity index (χ1n) is 24.9. The number of rotatable bonds is 30. The Labute approximate surface area is 428 Å². The van der Waals surface area contributed by atoms with Crippen molar-refractivity contribution in [1.29, 1.82) is 0 Å². The van der Waals surface area contributed by atoms with E-state index in [1.165, 1.54) is 18.2 Å². The number of anilines is 3. The zero-order valence-corrected chi connectivity index (χ0v) is 43.4. The summed E-state index contributed by atoms with van der Waals surface area (Å²) in [6.45, 7) is 10.7. The summed E-state index contributed by atoms with van der Waals surface area (Å²) in [6, 6.07) is 1.61. The average Bonchev–Trinajstić information content (AvgIpc) is 3.28. The summed E-state index contributed by atoms with van der Waals surface area (Å²) in [6.07, 6.45) is 2.97. The van der Waals surface area contributed by atoms with Gasteiger partial charge < -0.3 is 65.5 Å². The molecule has 3 aromatic heterocycles. The number of quaternary nitrogens is 1. The molecule has 28 nitrogen and oxygen atoms in total. The van der Waals surface area contributed by atoms with Crippen LogP contribution in [0.25, 0.3) is 0 Å². The standard InChI is InChI=1S/C46H74N16O12/c1-8-11-14-17-32(50-41(66)59-38-47-29(4)26-35(63)56-38)53-44(69)72-23-20-62(7,21-24-73-45(70)54-33(18-15-12-9-2)51-42(67)60-39-48-30(5)27-36(64)57-39)22-25-74-46(71)55-34(19-16-13-10-3)52-43(68)61-40-49-31(6)28-37(65)58-40/h26-28,32-34H,8-25H2,1-7H3,(H11-,47,48,49,50,51,52,53,54,55,56,57,58,59,60,61,63,64,65,66,67,68,69,70,71)/p+1. The molecule has 0 radical (unpaired) electrons. The van der Waals surface area contributed by atoms with E-state index in [2.05, 4.69) is 77.8 Å². The highest BCUT2D eigenvalue weighted by molar-refractivity contribution is 5.89. The summed E-state index contributed by atoms with van der Waals surface area (Å²) in [5.74, 6) is -0.232. The van der Waals surface area contributed by atoms with E-state index in [1.807, 2.05) is 20.8 Å². The van der Waals surface area contributed by atoms with Gasteiger partial charge >= 0.3 is 36.4 Å². The number of hydrogen-bond donors (Lipinski definition) is 12. The minimum atomic E-state index is -0.866. The molecule has 0 saturated carbocycles. The highest BCUT2D eigenvalue weighted by atomic mass is 16.6. The van der Waals surface area contributed by atoms with Crippen LogP contribution in [0.3, 0.4) is 0 Å². The minimum Gasteiger partial charge on any atom is -0.444 e. The Morgan fingerprint density at radius 2 is 0.743 bits per heavy atom. The predicted octanol–water partition coefficient (Wildman–Crippen LogP) is 3.97. The predicted molar refractivity (Wildman–Crippen MR) is 273 cm³/mol. The van der Waals surface area contributed by atoms with E-state index < -0.39 is 71.5 Å². The number of unbranched alkanes of at least 4 members (excludes halogenated alkanes) is 6. The molecule has 3 heterocycles. The topological polar surface area (TPSA) is 376 Å². The molecule has 0 spiro atoms. The molecule has 3 rings (SSSR count). The Bertz CT molecular complexity index is 2200. The fourth-order valence-corrected chi connectivity index (χ4v) is 7.12. The summed E-state index contributed by atoms with van der Waals surface area (Å²) in [5.41, 5.74) is -0.211. The van der Waals surface area contributed by atoms with Crippen molar-refractivity contribution < 1.29 is 47.5 Å². The van der Waals surface area contributed by atoms with Crippen LogP contribution in [0.1, 0.15) is 115 Å². The van der Waals surface area contributed by atoms with Crippen molar-refractivity contribution in [3.8, 4) is 0 Å². The van der Waals surface area contributed by atoms with Crippen molar-refractivity contribution in [2.75, 3.05) is 62.5 Å². The fourth-order valence-electron chi connectivity index (χ4n) is 7.12. The number of H-pyrrole nitrogens is 3. The lowest BCUT2D eigenvalue weighted by Crippen LogP contribution is -2.53. The number of ether oxygens (including phenoxy) is 3. The summed E-state index contributed by atoms with van der Waals surface area (Å²) < 4.78 is 16.7. The SMILES string of the molecule is CCCCCC(NC(=O)Nc1nc(=O)cc(C)[nH]1)NC(=O)OCC[N+](C)(CCOC(=O)NC(CCCCC)NC(=O)Nc1nc(=O)cc(C)[nH]1)CCOC(=O)NC(CCCCC)NC(=O)Nc1nc(=O)cc(C)[nH]1. The van der Waals surface area contributed by atoms with Gasteiger partial charge in [-0.2, -0.15) is 15.0 Å². The van der Waals surface area contributed by atoms with E-state index in [9.17, 15) is 43.2 Å². The molecule has 9 amide bonds. The first kappa shape index (κ1) is 60.5. The number of nitrogens with one attached hydrogen (secondary N) is 12. The smallest absolute Gasteiger partial charge is 0.408 e. The molecule has 0 aliphatic heterocycles. The molecule has 28 heteroatoms. The van der Waals surface area contributed by atoms with Crippen molar-refractivity contribution in [3.63, 3.8) is 0 Å². The summed E-state index contributed by atoms with van der Waals surface area (Å²) in [4.78, 5) is 133. The number of amides is 9.